The van der Waals surface area contributed by atoms with Crippen LogP contribution >= 0.6 is 0 Å². The van der Waals surface area contributed by atoms with E-state index in [0.29, 0.717) is 26.1 Å². The molecule has 0 radical (unpaired) electrons. The van der Waals surface area contributed by atoms with Gasteiger partial charge in [-0.25, -0.2) is 18.0 Å². The van der Waals surface area contributed by atoms with Crippen molar-refractivity contribution in [1.29, 1.82) is 0 Å². The van der Waals surface area contributed by atoms with E-state index in [1.54, 1.807) is 0 Å². The highest BCUT2D eigenvalue weighted by atomic mass is 19.2. The predicted octanol–water partition coefficient (Wildman–Crippen LogP) is 7.41. The zero-order valence-electron chi connectivity index (χ0n) is 21.1. The van der Waals surface area contributed by atoms with E-state index in [1.807, 2.05) is 20.8 Å². The Kier molecular flexibility index (Phi) is 14.2. The molecule has 0 spiro atoms. The van der Waals surface area contributed by atoms with Crippen molar-refractivity contribution in [2.45, 2.75) is 91.3 Å². The summed E-state index contributed by atoms with van der Waals surface area (Å²) in [7, 11) is 0. The van der Waals surface area contributed by atoms with Gasteiger partial charge in [0.1, 0.15) is 0 Å². The lowest BCUT2D eigenvalue weighted by molar-refractivity contribution is -0.254. The third-order valence-electron chi connectivity index (χ3n) is 5.87. The first-order chi connectivity index (χ1) is 16.6. The summed E-state index contributed by atoms with van der Waals surface area (Å²) in [4.78, 5) is 11.9. The molecule has 1 amide bonds. The highest BCUT2D eigenvalue weighted by Gasteiger charge is 2.35. The number of rotatable bonds is 17. The van der Waals surface area contributed by atoms with Crippen LogP contribution in [0, 0.1) is 35.0 Å². The predicted molar refractivity (Wildman–Crippen MR) is 123 cm³/mol. The molecule has 1 aromatic rings. The van der Waals surface area contributed by atoms with Gasteiger partial charge in [0, 0.05) is 25.7 Å². The standard InChI is InChI=1S/C25H38F5NO4/c1-5-8-9-10-11-12-14-17(25(4,33-6-2)34-7-3)15-13-16-31-24(32)35-23-21(29)19(27)18(26)20(28)22(23)30/h17H,5-16H2,1-4H3,(H,31,32). The molecule has 10 heteroatoms. The quantitative estimate of drug-likeness (QED) is 0.0778. The SMILES string of the molecule is CCCCCCCCC(CCCNC(=O)Oc1c(F)c(F)c(F)c(F)c1F)C(C)(OCC)OCC. The van der Waals surface area contributed by atoms with Gasteiger partial charge in [-0.2, -0.15) is 8.78 Å². The monoisotopic (exact) mass is 511 g/mol. The molecule has 0 saturated heterocycles. The van der Waals surface area contributed by atoms with Crippen LogP contribution in [0.4, 0.5) is 26.7 Å². The van der Waals surface area contributed by atoms with Gasteiger partial charge in [0.25, 0.3) is 0 Å². The Balaban J connectivity index is 2.68. The van der Waals surface area contributed by atoms with Gasteiger partial charge in [-0.1, -0.05) is 45.4 Å². The lowest BCUT2D eigenvalue weighted by Gasteiger charge is -2.37. The van der Waals surface area contributed by atoms with Crippen molar-refractivity contribution in [2.75, 3.05) is 19.8 Å². The summed E-state index contributed by atoms with van der Waals surface area (Å²) >= 11 is 0. The summed E-state index contributed by atoms with van der Waals surface area (Å²) in [5.41, 5.74) is 0. The first-order valence-corrected chi connectivity index (χ1v) is 12.4. The van der Waals surface area contributed by atoms with Crippen LogP contribution in [-0.2, 0) is 9.47 Å². The number of nitrogens with one attached hydrogen (secondary N) is 1. The summed E-state index contributed by atoms with van der Waals surface area (Å²) in [6, 6.07) is 0. The molecule has 0 aromatic heterocycles. The Bertz CT molecular complexity index is 759. The van der Waals surface area contributed by atoms with Crippen LogP contribution in [0.2, 0.25) is 0 Å². The summed E-state index contributed by atoms with van der Waals surface area (Å²) in [6.45, 7) is 8.83. The molecule has 1 rings (SSSR count). The van der Waals surface area contributed by atoms with E-state index >= 15 is 0 Å². The molecule has 1 N–H and O–H groups in total. The highest BCUT2D eigenvalue weighted by molar-refractivity contribution is 5.70. The van der Waals surface area contributed by atoms with Gasteiger partial charge in [0.05, 0.1) is 0 Å². The topological polar surface area (TPSA) is 56.8 Å². The average Bonchev–Trinajstić information content (AvgIpc) is 2.82. The van der Waals surface area contributed by atoms with Gasteiger partial charge in [-0.05, 0) is 40.0 Å². The van der Waals surface area contributed by atoms with E-state index in [4.69, 9.17) is 9.47 Å². The Morgan fingerprint density at radius 1 is 0.771 bits per heavy atom. The minimum Gasteiger partial charge on any atom is -0.404 e. The minimum absolute atomic E-state index is 0.0292. The van der Waals surface area contributed by atoms with Gasteiger partial charge in [0.2, 0.25) is 34.8 Å². The maximum absolute atomic E-state index is 13.7. The lowest BCUT2D eigenvalue weighted by Crippen LogP contribution is -2.41. The normalized spacial score (nSPS) is 12.6. The van der Waals surface area contributed by atoms with Gasteiger partial charge in [0.15, 0.2) is 5.79 Å². The molecule has 0 heterocycles. The highest BCUT2D eigenvalue weighted by Crippen LogP contribution is 2.32. The van der Waals surface area contributed by atoms with Gasteiger partial charge >= 0.3 is 6.09 Å². The maximum atomic E-state index is 13.7. The zero-order valence-corrected chi connectivity index (χ0v) is 21.1. The minimum atomic E-state index is -2.32. The van der Waals surface area contributed by atoms with Crippen LogP contribution in [0.3, 0.4) is 0 Å². The first kappa shape index (κ1) is 31.1. The molecule has 5 nitrogen and oxygen atoms in total. The van der Waals surface area contributed by atoms with Crippen molar-refractivity contribution in [3.8, 4) is 5.75 Å². The fourth-order valence-electron chi connectivity index (χ4n) is 4.03. The van der Waals surface area contributed by atoms with Crippen molar-refractivity contribution in [3.05, 3.63) is 29.1 Å². The first-order valence-electron chi connectivity index (χ1n) is 12.4. The van der Waals surface area contributed by atoms with Crippen molar-refractivity contribution >= 4 is 6.09 Å². The number of unbranched alkanes of at least 4 members (excludes halogenated alkanes) is 5. The zero-order chi connectivity index (χ0) is 26.4. The summed E-state index contributed by atoms with van der Waals surface area (Å²) in [6.07, 6.45) is 7.46. The Morgan fingerprint density at radius 2 is 1.26 bits per heavy atom. The maximum Gasteiger partial charge on any atom is 0.412 e. The molecular weight excluding hydrogens is 473 g/mol. The molecule has 35 heavy (non-hydrogen) atoms. The summed E-state index contributed by atoms with van der Waals surface area (Å²) in [5, 5.41) is 2.29. The van der Waals surface area contributed by atoms with E-state index in [1.165, 1.54) is 19.3 Å². The number of halogens is 5. The fourth-order valence-corrected chi connectivity index (χ4v) is 4.03. The van der Waals surface area contributed by atoms with Crippen LogP contribution in [0.25, 0.3) is 0 Å². The lowest BCUT2D eigenvalue weighted by atomic mass is 9.88. The molecular formula is C25H38F5NO4. The molecule has 1 unspecified atom stereocenters. The van der Waals surface area contributed by atoms with Gasteiger partial charge in [-0.3, -0.25) is 0 Å². The number of amides is 1. The van der Waals surface area contributed by atoms with Crippen LogP contribution in [0.15, 0.2) is 0 Å². The Hall–Kier alpha value is -1.94. The molecule has 202 valence electrons. The summed E-state index contributed by atoms with van der Waals surface area (Å²) < 4.78 is 83.3. The number of carbonyl (C=O) groups excluding carboxylic acids is 1. The van der Waals surface area contributed by atoms with E-state index in [9.17, 15) is 26.7 Å². The third kappa shape index (κ3) is 9.56. The van der Waals surface area contributed by atoms with E-state index in [-0.39, 0.29) is 12.5 Å². The van der Waals surface area contributed by atoms with Crippen LogP contribution in [-0.4, -0.2) is 31.6 Å². The van der Waals surface area contributed by atoms with Crippen molar-refractivity contribution in [2.24, 2.45) is 5.92 Å². The van der Waals surface area contributed by atoms with Crippen molar-refractivity contribution in [3.63, 3.8) is 0 Å². The number of hydrogen-bond acceptors (Lipinski definition) is 4. The smallest absolute Gasteiger partial charge is 0.404 e. The van der Waals surface area contributed by atoms with E-state index < -0.39 is 46.7 Å². The van der Waals surface area contributed by atoms with Crippen molar-refractivity contribution in [1.82, 2.24) is 5.32 Å². The van der Waals surface area contributed by atoms with Crippen LogP contribution in [0.1, 0.15) is 85.5 Å². The van der Waals surface area contributed by atoms with E-state index in [2.05, 4.69) is 17.0 Å². The Morgan fingerprint density at radius 3 is 1.80 bits per heavy atom. The average molecular weight is 512 g/mol. The number of carbonyl (C=O) groups is 1. The van der Waals surface area contributed by atoms with Crippen LogP contribution < -0.4 is 10.1 Å². The molecule has 1 aromatic carbocycles. The number of benzene rings is 1. The summed E-state index contributed by atoms with van der Waals surface area (Å²) in [5.74, 6) is -13.5. The second-order valence-corrected chi connectivity index (χ2v) is 8.49. The van der Waals surface area contributed by atoms with Gasteiger partial charge < -0.3 is 19.5 Å². The number of hydrogen-bond donors (Lipinski definition) is 1. The second kappa shape index (κ2) is 15.9. The van der Waals surface area contributed by atoms with E-state index in [0.717, 1.165) is 25.7 Å². The second-order valence-electron chi connectivity index (χ2n) is 8.49. The molecule has 1 atom stereocenters. The molecule has 0 aliphatic carbocycles. The third-order valence-corrected chi connectivity index (χ3v) is 5.87. The molecule has 0 saturated carbocycles. The Labute approximate surface area is 204 Å². The molecule has 0 fully saturated rings. The molecule has 0 aliphatic rings. The molecule has 0 aliphatic heterocycles. The van der Waals surface area contributed by atoms with Gasteiger partial charge in [-0.15, -0.1) is 0 Å². The molecule has 0 bridgehead atoms. The van der Waals surface area contributed by atoms with Crippen molar-refractivity contribution < 1.29 is 41.0 Å². The fraction of sp³-hybridized carbons (Fsp3) is 0.720. The van der Waals surface area contributed by atoms with Crippen LogP contribution in [0.5, 0.6) is 5.75 Å². The number of ether oxygens (including phenoxy) is 3. The largest absolute Gasteiger partial charge is 0.412 e.